The fraction of sp³-hybridized carbons (Fsp3) is 0.349. The lowest BCUT2D eigenvalue weighted by Gasteiger charge is -2.43. The van der Waals surface area contributed by atoms with Gasteiger partial charge in [-0.25, -0.2) is 24.2 Å². The number of carbonyl (C=O) groups excluding carboxylic acids is 9. The molecule has 1 saturated heterocycles. The minimum atomic E-state index is -2.07. The van der Waals surface area contributed by atoms with Gasteiger partial charge < -0.3 is 83.0 Å². The molecule has 6 atom stereocenters. The van der Waals surface area contributed by atoms with Crippen molar-refractivity contribution in [1.29, 1.82) is 0 Å². The van der Waals surface area contributed by atoms with E-state index in [1.54, 1.807) is 25.1 Å². The highest BCUT2D eigenvalue weighted by atomic mass is 16.7. The summed E-state index contributed by atoms with van der Waals surface area (Å²) in [6, 6.07) is 24.6. The summed E-state index contributed by atoms with van der Waals surface area (Å²) < 4.78 is 62.5. The number of aliphatic hydroxyl groups is 1. The number of anilines is 1. The maximum Gasteiger partial charge on any atom is 0.407 e. The van der Waals surface area contributed by atoms with Crippen molar-refractivity contribution in [2.75, 3.05) is 38.9 Å². The molecule has 28 heteroatoms. The highest BCUT2D eigenvalue weighted by Gasteiger charge is 2.56. The Balaban J connectivity index is 0.781. The van der Waals surface area contributed by atoms with E-state index in [2.05, 4.69) is 21.3 Å². The maximum absolute atomic E-state index is 14.0. The molecule has 91 heavy (non-hydrogen) atoms. The van der Waals surface area contributed by atoms with Crippen LogP contribution < -0.4 is 41.0 Å². The van der Waals surface area contributed by atoms with Gasteiger partial charge in [0, 0.05) is 68.8 Å². The van der Waals surface area contributed by atoms with E-state index in [0.717, 1.165) is 50.1 Å². The normalized spacial score (nSPS) is 19.6. The van der Waals surface area contributed by atoms with Crippen LogP contribution in [0.3, 0.4) is 0 Å². The third-order valence-electron chi connectivity index (χ3n) is 15.9. The second kappa shape index (κ2) is 25.8. The highest BCUT2D eigenvalue weighted by Crippen LogP contribution is 2.46. The summed E-state index contributed by atoms with van der Waals surface area (Å²) in [7, 11) is 1.01. The molecule has 0 bridgehead atoms. The fourth-order valence-electron chi connectivity index (χ4n) is 11.7. The number of ether oxygens (including phenoxy) is 11. The molecule has 4 amide bonds. The number of hydrogen-bond acceptors (Lipinski definition) is 23. The maximum atomic E-state index is 14.0. The van der Waals surface area contributed by atoms with Crippen molar-refractivity contribution >= 4 is 70.4 Å². The standard InChI is InChI=1S/C63H60N6O22/c1-6-63(80)43-21-46-52-40(25-69(46)57(75)42(43)28-82-60(63)77)39(38-20-48-49(86-29-85-48)22-44(38)68-52)23-65-51(74)24-66-62(79)83-26-33-15-16-47(90-59-56(89-32(4)72)54(88-31(3)71)53(87-30(2)70)55(91-59)58(76)81-5)45(19-33)67-50(73)17-18-64-61(78)84-27-41-36-13-9-7-11-34(36)35-12-8-10-14-37(35)41/h7-16,19-22,41,53-56,59,80H,6,17-18,23-29H2,1-5H3,(H,64,78)(H,65,74)(H,66,79)(H,67,73)/t53-,54-,55-,56+,59+,63-/m0/s1. The molecule has 0 saturated carbocycles. The zero-order valence-electron chi connectivity index (χ0n) is 49.5. The number of alkyl carbamates (subject to hydrolysis) is 2. The van der Waals surface area contributed by atoms with Crippen LogP contribution in [0.15, 0.2) is 89.7 Å². The number of aromatic nitrogens is 2. The molecule has 1 fully saturated rings. The summed E-state index contributed by atoms with van der Waals surface area (Å²) in [4.78, 5) is 136. The molecule has 0 radical (unpaired) electrons. The molecular weight excluding hydrogens is 1190 g/mol. The van der Waals surface area contributed by atoms with Gasteiger partial charge in [-0.2, -0.15) is 0 Å². The average molecular weight is 1250 g/mol. The predicted octanol–water partition coefficient (Wildman–Crippen LogP) is 4.29. The van der Waals surface area contributed by atoms with Crippen molar-refractivity contribution in [3.63, 3.8) is 0 Å². The Morgan fingerprint density at radius 3 is 2.11 bits per heavy atom. The van der Waals surface area contributed by atoms with Gasteiger partial charge in [-0.05, 0) is 64.1 Å². The largest absolute Gasteiger partial charge is 0.467 e. The quantitative estimate of drug-likeness (QED) is 0.0557. The fourth-order valence-corrected chi connectivity index (χ4v) is 11.7. The van der Waals surface area contributed by atoms with E-state index in [-0.39, 0.29) is 86.5 Å². The van der Waals surface area contributed by atoms with Gasteiger partial charge in [-0.1, -0.05) is 61.5 Å². The second-order valence-electron chi connectivity index (χ2n) is 21.6. The van der Waals surface area contributed by atoms with Crippen LogP contribution in [0.2, 0.25) is 0 Å². The van der Waals surface area contributed by atoms with E-state index >= 15 is 0 Å². The Hall–Kier alpha value is -10.6. The number of pyridine rings is 2. The van der Waals surface area contributed by atoms with E-state index in [9.17, 15) is 53.1 Å². The number of methoxy groups -OCH3 is 1. The number of nitrogens with zero attached hydrogens (tertiary/aromatic N) is 2. The third kappa shape index (κ3) is 12.6. The summed E-state index contributed by atoms with van der Waals surface area (Å²) in [6.45, 7) is 2.87. The lowest BCUT2D eigenvalue weighted by molar-refractivity contribution is -0.282. The minimum absolute atomic E-state index is 0.00937. The molecule has 4 aromatic carbocycles. The number of esters is 5. The topological polar surface area (TPSA) is 358 Å². The van der Waals surface area contributed by atoms with Crippen molar-refractivity contribution in [2.24, 2.45) is 0 Å². The number of rotatable bonds is 19. The molecule has 4 aliphatic heterocycles. The van der Waals surface area contributed by atoms with Gasteiger partial charge in [0.15, 0.2) is 35.4 Å². The van der Waals surface area contributed by atoms with Gasteiger partial charge in [0.25, 0.3) is 5.56 Å². The van der Waals surface area contributed by atoms with E-state index in [0.29, 0.717) is 44.9 Å². The van der Waals surface area contributed by atoms with Crippen LogP contribution in [0, 0.1) is 0 Å². The van der Waals surface area contributed by atoms with Crippen LogP contribution in [0.5, 0.6) is 17.2 Å². The van der Waals surface area contributed by atoms with Crippen molar-refractivity contribution in [3.05, 3.63) is 134 Å². The van der Waals surface area contributed by atoms with Crippen molar-refractivity contribution in [2.45, 2.75) is 109 Å². The van der Waals surface area contributed by atoms with E-state index < -0.39 is 109 Å². The smallest absolute Gasteiger partial charge is 0.407 e. The van der Waals surface area contributed by atoms with Crippen molar-refractivity contribution in [1.82, 2.24) is 25.5 Å². The number of hydrogen-bond donors (Lipinski definition) is 5. The van der Waals surface area contributed by atoms with Gasteiger partial charge in [-0.3, -0.25) is 28.8 Å². The molecule has 0 spiro atoms. The number of benzene rings is 4. The minimum Gasteiger partial charge on any atom is -0.467 e. The zero-order valence-corrected chi connectivity index (χ0v) is 49.5. The Morgan fingerprint density at radius 2 is 1.42 bits per heavy atom. The van der Waals surface area contributed by atoms with Gasteiger partial charge in [0.1, 0.15) is 32.1 Å². The number of carbonyl (C=O) groups is 9. The van der Waals surface area contributed by atoms with Crippen LogP contribution in [0.1, 0.15) is 85.4 Å². The van der Waals surface area contributed by atoms with E-state index in [1.807, 2.05) is 48.5 Å². The molecular formula is C63H60N6O22. The molecule has 6 heterocycles. The lowest BCUT2D eigenvalue weighted by Crippen LogP contribution is -2.64. The van der Waals surface area contributed by atoms with E-state index in [1.165, 1.54) is 22.8 Å². The first-order chi connectivity index (χ1) is 43.7. The summed E-state index contributed by atoms with van der Waals surface area (Å²) in [6.07, 6.45) is -11.1. The Kier molecular flexibility index (Phi) is 17.6. The molecule has 474 valence electrons. The first-order valence-electron chi connectivity index (χ1n) is 28.8. The monoisotopic (exact) mass is 1250 g/mol. The molecule has 5 aliphatic rings. The third-order valence-corrected chi connectivity index (χ3v) is 15.9. The van der Waals surface area contributed by atoms with Crippen molar-refractivity contribution < 1.29 is 100 Å². The van der Waals surface area contributed by atoms with Crippen molar-refractivity contribution in [3.8, 4) is 39.8 Å². The SMILES string of the molecule is CC[C@@]1(O)C(=O)OCc2c1cc1n(c2=O)Cc2c-1nc1cc3c(cc1c2CNC(=O)CNC(=O)OCc1ccc(O[C@@H]2O[C@H](C(=O)OC)[C@@H](OC(C)=O)[C@H](OC(C)=O)[C@H]2OC(C)=O)c(NC(=O)CCNC(=O)OCC2c4ccccc4-c4ccccc42)c1)OCO3. The summed E-state index contributed by atoms with van der Waals surface area (Å²) >= 11 is 0. The molecule has 6 aromatic rings. The van der Waals surface area contributed by atoms with Gasteiger partial charge >= 0.3 is 42.0 Å². The molecule has 0 unspecified atom stereocenters. The van der Waals surface area contributed by atoms with Gasteiger partial charge in [0.2, 0.25) is 31.0 Å². The van der Waals surface area contributed by atoms with Gasteiger partial charge in [-0.15, -0.1) is 0 Å². The Bertz CT molecular complexity index is 4010. The zero-order chi connectivity index (χ0) is 64.4. The van der Waals surface area contributed by atoms with Crippen LogP contribution >= 0.6 is 0 Å². The van der Waals surface area contributed by atoms with E-state index in [4.69, 9.17) is 57.1 Å². The molecule has 5 N–H and O–H groups in total. The molecule has 2 aromatic heterocycles. The first-order valence-corrected chi connectivity index (χ1v) is 28.8. The highest BCUT2D eigenvalue weighted by molar-refractivity contribution is 5.94. The number of cyclic esters (lactones) is 1. The molecule has 1 aliphatic carbocycles. The van der Waals surface area contributed by atoms with Gasteiger partial charge in [0.05, 0.1) is 41.8 Å². The number of nitrogens with one attached hydrogen (secondary N) is 4. The van der Waals surface area contributed by atoms with Crippen LogP contribution in [-0.4, -0.2) is 133 Å². The average Bonchev–Trinajstić information content (AvgIpc) is 1.61. The Labute approximate surface area is 516 Å². The van der Waals surface area contributed by atoms with Crippen LogP contribution in [0.4, 0.5) is 15.3 Å². The number of fused-ring (bicyclic) bond motifs is 9. The first kappa shape index (κ1) is 62.0. The summed E-state index contributed by atoms with van der Waals surface area (Å²) in [5.41, 5.74) is 4.08. The van der Waals surface area contributed by atoms with Crippen LogP contribution in [-0.2, 0) is 103 Å². The summed E-state index contributed by atoms with van der Waals surface area (Å²) in [5, 5.41) is 22.5. The lowest BCUT2D eigenvalue weighted by atomic mass is 9.86. The second-order valence-corrected chi connectivity index (χ2v) is 21.6. The Morgan fingerprint density at radius 1 is 0.747 bits per heavy atom. The molecule has 28 nitrogen and oxygen atoms in total. The predicted molar refractivity (Wildman–Crippen MR) is 311 cm³/mol. The van der Waals surface area contributed by atoms with Crippen LogP contribution in [0.25, 0.3) is 33.4 Å². The summed E-state index contributed by atoms with van der Waals surface area (Å²) in [5.74, 6) is -5.77. The number of amides is 4. The molecule has 11 rings (SSSR count).